The Hall–Kier alpha value is -2.23. The van der Waals surface area contributed by atoms with Gasteiger partial charge in [-0.2, -0.15) is 4.31 Å². The Morgan fingerprint density at radius 1 is 1.03 bits per heavy atom. The van der Waals surface area contributed by atoms with E-state index in [0.29, 0.717) is 17.7 Å². The van der Waals surface area contributed by atoms with E-state index in [9.17, 15) is 21.6 Å². The normalized spacial score (nSPS) is 18.6. The van der Waals surface area contributed by atoms with Crippen molar-refractivity contribution in [3.8, 4) is 0 Å². The SMILES string of the molecule is Cc1ccc(S(=O)(=O)N2CCCCC2C)cc1C(=O)N(C)C(C)c1ccc(S(C)(=O)=O)cc1. The molecule has 9 heteroatoms. The van der Waals surface area contributed by atoms with Crippen LogP contribution in [0, 0.1) is 6.92 Å². The average Bonchev–Trinajstić information content (AvgIpc) is 2.77. The van der Waals surface area contributed by atoms with Gasteiger partial charge in [0.05, 0.1) is 15.8 Å². The van der Waals surface area contributed by atoms with Gasteiger partial charge in [-0.3, -0.25) is 4.79 Å². The molecule has 0 radical (unpaired) electrons. The Labute approximate surface area is 197 Å². The number of carbonyl (C=O) groups excluding carboxylic acids is 1. The van der Waals surface area contributed by atoms with Crippen molar-refractivity contribution in [1.29, 1.82) is 0 Å². The van der Waals surface area contributed by atoms with Crippen molar-refractivity contribution in [3.63, 3.8) is 0 Å². The first-order chi connectivity index (χ1) is 15.3. The van der Waals surface area contributed by atoms with Crippen LogP contribution in [0.15, 0.2) is 52.3 Å². The van der Waals surface area contributed by atoms with Gasteiger partial charge in [-0.15, -0.1) is 0 Å². The Morgan fingerprint density at radius 3 is 2.21 bits per heavy atom. The second kappa shape index (κ2) is 9.56. The lowest BCUT2D eigenvalue weighted by Crippen LogP contribution is -2.42. The molecule has 180 valence electrons. The molecule has 1 heterocycles. The minimum atomic E-state index is -3.70. The van der Waals surface area contributed by atoms with Crippen LogP contribution in [0.25, 0.3) is 0 Å². The molecule has 1 aliphatic rings. The number of hydrogen-bond acceptors (Lipinski definition) is 5. The zero-order valence-corrected chi connectivity index (χ0v) is 21.4. The lowest BCUT2D eigenvalue weighted by molar-refractivity contribution is 0.0741. The molecule has 7 nitrogen and oxygen atoms in total. The summed E-state index contributed by atoms with van der Waals surface area (Å²) in [5.41, 5.74) is 1.81. The number of benzene rings is 2. The fraction of sp³-hybridized carbons (Fsp3) is 0.458. The van der Waals surface area contributed by atoms with Gasteiger partial charge >= 0.3 is 0 Å². The van der Waals surface area contributed by atoms with E-state index >= 15 is 0 Å². The van der Waals surface area contributed by atoms with E-state index in [-0.39, 0.29) is 27.8 Å². The summed E-state index contributed by atoms with van der Waals surface area (Å²) in [5.74, 6) is -0.295. The van der Waals surface area contributed by atoms with Crippen molar-refractivity contribution >= 4 is 25.8 Å². The van der Waals surface area contributed by atoms with Gasteiger partial charge in [0.1, 0.15) is 0 Å². The van der Waals surface area contributed by atoms with Gasteiger partial charge in [-0.1, -0.05) is 24.6 Å². The largest absolute Gasteiger partial charge is 0.335 e. The topological polar surface area (TPSA) is 91.8 Å². The minimum Gasteiger partial charge on any atom is -0.335 e. The van der Waals surface area contributed by atoms with Crippen LogP contribution in [-0.2, 0) is 19.9 Å². The smallest absolute Gasteiger partial charge is 0.254 e. The van der Waals surface area contributed by atoms with E-state index in [0.717, 1.165) is 31.1 Å². The van der Waals surface area contributed by atoms with Crippen LogP contribution in [0.1, 0.15) is 60.6 Å². The molecule has 0 aliphatic carbocycles. The maximum absolute atomic E-state index is 13.3. The number of sulfone groups is 1. The molecule has 2 aromatic rings. The van der Waals surface area contributed by atoms with Crippen LogP contribution >= 0.6 is 0 Å². The fourth-order valence-corrected chi connectivity index (χ4v) is 6.50. The molecule has 2 aromatic carbocycles. The van der Waals surface area contributed by atoms with Gasteiger partial charge in [-0.25, -0.2) is 16.8 Å². The fourth-order valence-electron chi connectivity index (χ4n) is 4.14. The lowest BCUT2D eigenvalue weighted by Gasteiger charge is -2.32. The molecule has 1 amide bonds. The van der Waals surface area contributed by atoms with Crippen molar-refractivity contribution < 1.29 is 21.6 Å². The number of nitrogens with zero attached hydrogens (tertiary/aromatic N) is 2. The van der Waals surface area contributed by atoms with Gasteiger partial charge in [0.25, 0.3) is 5.91 Å². The highest BCUT2D eigenvalue weighted by Crippen LogP contribution is 2.28. The maximum atomic E-state index is 13.3. The van der Waals surface area contributed by atoms with E-state index < -0.39 is 19.9 Å². The second-order valence-corrected chi connectivity index (χ2v) is 12.8. The van der Waals surface area contributed by atoms with Gasteiger partial charge in [0.2, 0.25) is 10.0 Å². The predicted octanol–water partition coefficient (Wildman–Crippen LogP) is 3.79. The highest BCUT2D eigenvalue weighted by molar-refractivity contribution is 7.90. The number of hydrogen-bond donors (Lipinski definition) is 0. The van der Waals surface area contributed by atoms with E-state index in [2.05, 4.69) is 0 Å². The van der Waals surface area contributed by atoms with Gasteiger partial charge in [0, 0.05) is 31.5 Å². The number of amides is 1. The van der Waals surface area contributed by atoms with Gasteiger partial charge in [0.15, 0.2) is 9.84 Å². The summed E-state index contributed by atoms with van der Waals surface area (Å²) in [5, 5.41) is 0. The van der Waals surface area contributed by atoms with Crippen LogP contribution in [0.5, 0.6) is 0 Å². The molecular weight excluding hydrogens is 460 g/mol. The lowest BCUT2D eigenvalue weighted by atomic mass is 10.0. The van der Waals surface area contributed by atoms with Crippen LogP contribution in [0.3, 0.4) is 0 Å². The van der Waals surface area contributed by atoms with Gasteiger partial charge in [-0.05, 0) is 69.0 Å². The summed E-state index contributed by atoms with van der Waals surface area (Å²) < 4.78 is 51.5. The van der Waals surface area contributed by atoms with Crippen molar-refractivity contribution in [3.05, 3.63) is 59.2 Å². The highest BCUT2D eigenvalue weighted by Gasteiger charge is 2.32. The third-order valence-electron chi connectivity index (χ3n) is 6.48. The number of piperidine rings is 1. The maximum Gasteiger partial charge on any atom is 0.254 e. The Kier molecular flexibility index (Phi) is 7.36. The number of aryl methyl sites for hydroxylation is 1. The molecule has 1 saturated heterocycles. The molecule has 1 fully saturated rings. The first-order valence-corrected chi connectivity index (χ1v) is 14.4. The number of sulfonamides is 1. The molecule has 0 aromatic heterocycles. The first-order valence-electron chi connectivity index (χ1n) is 11.0. The first kappa shape index (κ1) is 25.4. The van der Waals surface area contributed by atoms with Crippen molar-refractivity contribution in [2.45, 2.75) is 61.9 Å². The van der Waals surface area contributed by atoms with E-state index in [1.165, 1.54) is 27.4 Å². The predicted molar refractivity (Wildman–Crippen MR) is 128 cm³/mol. The minimum absolute atomic E-state index is 0.0678. The third kappa shape index (κ3) is 5.31. The summed E-state index contributed by atoms with van der Waals surface area (Å²) >= 11 is 0. The average molecular weight is 493 g/mol. The molecule has 33 heavy (non-hydrogen) atoms. The van der Waals surface area contributed by atoms with E-state index in [1.807, 2.05) is 13.8 Å². The van der Waals surface area contributed by atoms with Crippen LogP contribution in [0.4, 0.5) is 0 Å². The second-order valence-electron chi connectivity index (χ2n) is 8.87. The molecule has 0 bridgehead atoms. The van der Waals surface area contributed by atoms with Crippen LogP contribution in [0.2, 0.25) is 0 Å². The Bertz CT molecular complexity index is 1240. The quantitative estimate of drug-likeness (QED) is 0.612. The number of rotatable bonds is 6. The van der Waals surface area contributed by atoms with Crippen molar-refractivity contribution in [2.75, 3.05) is 19.8 Å². The van der Waals surface area contributed by atoms with E-state index in [1.54, 1.807) is 38.2 Å². The molecular formula is C24H32N2O5S2. The molecule has 3 rings (SSSR count). The molecule has 2 unspecified atom stereocenters. The Balaban J connectivity index is 1.89. The highest BCUT2D eigenvalue weighted by atomic mass is 32.2. The summed E-state index contributed by atoms with van der Waals surface area (Å²) in [6, 6.07) is 10.7. The van der Waals surface area contributed by atoms with Crippen LogP contribution in [-0.4, -0.2) is 57.8 Å². The zero-order valence-electron chi connectivity index (χ0n) is 19.8. The monoisotopic (exact) mass is 492 g/mol. The summed E-state index contributed by atoms with van der Waals surface area (Å²) in [6.07, 6.45) is 3.82. The van der Waals surface area contributed by atoms with Crippen molar-refractivity contribution in [1.82, 2.24) is 9.21 Å². The molecule has 0 N–H and O–H groups in total. The molecule has 2 atom stereocenters. The molecule has 1 aliphatic heterocycles. The summed E-state index contributed by atoms with van der Waals surface area (Å²) in [7, 11) is -5.34. The van der Waals surface area contributed by atoms with E-state index in [4.69, 9.17) is 0 Å². The van der Waals surface area contributed by atoms with Crippen molar-refractivity contribution in [2.24, 2.45) is 0 Å². The Morgan fingerprint density at radius 2 is 1.64 bits per heavy atom. The van der Waals surface area contributed by atoms with Gasteiger partial charge < -0.3 is 4.90 Å². The number of carbonyl (C=O) groups is 1. The summed E-state index contributed by atoms with van der Waals surface area (Å²) in [6.45, 7) is 6.04. The summed E-state index contributed by atoms with van der Waals surface area (Å²) in [4.78, 5) is 15.2. The standard InChI is InChI=1S/C24H32N2O5S2/c1-17-9-12-22(33(30,31)26-15-7-6-8-18(26)2)16-23(17)24(27)25(4)19(3)20-10-13-21(14-11-20)32(5,28)29/h9-14,16,18-19H,6-8,15H2,1-5H3. The van der Waals surface area contributed by atoms with Crippen LogP contribution < -0.4 is 0 Å². The molecule has 0 spiro atoms. The zero-order chi connectivity index (χ0) is 24.6. The molecule has 0 saturated carbocycles. The third-order valence-corrected chi connectivity index (χ3v) is 9.62.